The number of esters is 3. The molecule has 0 unspecified atom stereocenters. The number of carbonyl (C=O) groups is 3. The van der Waals surface area contributed by atoms with Crippen molar-refractivity contribution in [3.8, 4) is 11.5 Å². The minimum Gasteiger partial charge on any atom is -0.506 e. The smallest absolute Gasteiger partial charge is 0.342 e. The Morgan fingerprint density at radius 3 is 1.74 bits per heavy atom. The van der Waals surface area contributed by atoms with E-state index >= 15 is 0 Å². The van der Waals surface area contributed by atoms with Crippen molar-refractivity contribution in [2.45, 2.75) is 32.3 Å². The molecule has 2 aromatic rings. The van der Waals surface area contributed by atoms with Crippen LogP contribution in [0.15, 0.2) is 24.3 Å². The fraction of sp³-hybridized carbons (Fsp3) is 0.423. The molecule has 3 rings (SSSR count). The van der Waals surface area contributed by atoms with Crippen molar-refractivity contribution >= 4 is 108 Å². The number of rotatable bonds is 9. The quantitative estimate of drug-likeness (QED) is 0.191. The molecule has 9 nitrogen and oxygen atoms in total. The van der Waals surface area contributed by atoms with Gasteiger partial charge in [0, 0.05) is 25.9 Å². The highest BCUT2D eigenvalue weighted by Crippen LogP contribution is 2.31. The van der Waals surface area contributed by atoms with E-state index in [0.29, 0.717) is 7.14 Å². The fourth-order valence-corrected chi connectivity index (χ4v) is 7.87. The third kappa shape index (κ3) is 8.91. The number of ether oxygens (including phenoxy) is 3. The zero-order valence-corrected chi connectivity index (χ0v) is 29.8. The van der Waals surface area contributed by atoms with Crippen molar-refractivity contribution in [1.82, 2.24) is 0 Å². The van der Waals surface area contributed by atoms with Gasteiger partial charge < -0.3 is 29.7 Å². The number of phenolic OH excluding ortho intramolecular Hbond substituents is 2. The maximum absolute atomic E-state index is 13.3. The lowest BCUT2D eigenvalue weighted by molar-refractivity contribution is -0.665. The van der Waals surface area contributed by atoms with Gasteiger partial charge in [0.05, 0.1) is 20.2 Å². The van der Waals surface area contributed by atoms with E-state index in [1.165, 1.54) is 12.1 Å². The summed E-state index contributed by atoms with van der Waals surface area (Å²) in [6.07, 6.45) is 1.79. The minimum absolute atomic E-state index is 0.0347. The number of quaternary nitrogens is 1. The second kappa shape index (κ2) is 14.5. The summed E-state index contributed by atoms with van der Waals surface area (Å²) in [5.74, 6) is -3.71. The van der Waals surface area contributed by atoms with E-state index in [2.05, 4.69) is 5.32 Å². The van der Waals surface area contributed by atoms with Gasteiger partial charge in [0.15, 0.2) is 0 Å². The van der Waals surface area contributed by atoms with Gasteiger partial charge in [0.1, 0.15) is 47.4 Å². The van der Waals surface area contributed by atoms with Crippen molar-refractivity contribution in [2.24, 2.45) is 11.8 Å². The van der Waals surface area contributed by atoms with Gasteiger partial charge in [-0.3, -0.25) is 4.79 Å². The Hall–Kier alpha value is -0.670. The van der Waals surface area contributed by atoms with Crippen LogP contribution in [0.1, 0.15) is 47.4 Å². The number of hydrogen-bond donors (Lipinski definition) is 3. The molecular formula is C26H28I4NO8+. The number of aromatic hydroxyl groups is 2. The fourth-order valence-electron chi connectivity index (χ4n) is 4.18. The highest BCUT2D eigenvalue weighted by molar-refractivity contribution is 14.1. The molecule has 1 aliphatic rings. The zero-order valence-electron chi connectivity index (χ0n) is 21.1. The van der Waals surface area contributed by atoms with E-state index in [4.69, 9.17) is 14.2 Å². The number of benzene rings is 2. The predicted molar refractivity (Wildman–Crippen MR) is 176 cm³/mol. The second-order valence-corrected chi connectivity index (χ2v) is 14.4. The van der Waals surface area contributed by atoms with E-state index in [9.17, 15) is 24.6 Å². The molecule has 1 saturated heterocycles. The van der Waals surface area contributed by atoms with E-state index in [-0.39, 0.29) is 28.5 Å². The maximum Gasteiger partial charge on any atom is 0.342 e. The SMILES string of the molecule is CC(C)(OC(=O)C(COC(=O)c1cc(I)cc(I)c1O)COC(=O)c1cc(I)cc(I)c1O)C1CC[NH2+]CC1. The third-order valence-corrected chi connectivity index (χ3v) is 9.34. The molecule has 0 amide bonds. The molecule has 0 aromatic heterocycles. The van der Waals surface area contributed by atoms with Gasteiger partial charge in [-0.05, 0) is 128 Å². The standard InChI is InChI=1S/C26H27I4NO8/c1-26(2,14-3-5-31-6-4-14)39-23(34)13(11-37-24(35)17-7-15(27)9-19(29)21(17)32)12-38-25(36)18-8-16(28)10-20(30)22(18)33/h7-10,13-14,31-33H,3-6,11-12H2,1-2H3/p+1. The van der Waals surface area contributed by atoms with Crippen LogP contribution in [0.25, 0.3) is 0 Å². The van der Waals surface area contributed by atoms with Gasteiger partial charge in [-0.1, -0.05) is 0 Å². The van der Waals surface area contributed by atoms with E-state index < -0.39 is 42.6 Å². The lowest BCUT2D eigenvalue weighted by Crippen LogP contribution is -2.86. The average molecular weight is 990 g/mol. The lowest BCUT2D eigenvalue weighted by Gasteiger charge is -2.36. The van der Waals surface area contributed by atoms with Crippen LogP contribution in [0, 0.1) is 26.1 Å². The minimum atomic E-state index is -1.12. The summed E-state index contributed by atoms with van der Waals surface area (Å²) in [5.41, 5.74) is -0.842. The summed E-state index contributed by atoms with van der Waals surface area (Å²) in [4.78, 5) is 39.0. The highest BCUT2D eigenvalue weighted by atomic mass is 127. The molecule has 0 bridgehead atoms. The Bertz CT molecular complexity index is 1170. The van der Waals surface area contributed by atoms with Crippen LogP contribution < -0.4 is 5.32 Å². The van der Waals surface area contributed by atoms with Crippen LogP contribution in [-0.4, -0.2) is 60.0 Å². The molecule has 1 heterocycles. The number of carbonyl (C=O) groups excluding carboxylic acids is 3. The molecule has 39 heavy (non-hydrogen) atoms. The molecule has 13 heteroatoms. The first-order valence-electron chi connectivity index (χ1n) is 12.0. The Labute approximate surface area is 281 Å². The molecule has 1 aliphatic heterocycles. The number of hydrogen-bond acceptors (Lipinski definition) is 8. The molecule has 0 saturated carbocycles. The molecule has 4 N–H and O–H groups in total. The molecule has 0 radical (unpaired) electrons. The monoisotopic (exact) mass is 990 g/mol. The summed E-state index contributed by atoms with van der Waals surface area (Å²) in [7, 11) is 0. The Morgan fingerprint density at radius 1 is 0.872 bits per heavy atom. The van der Waals surface area contributed by atoms with Gasteiger partial charge in [0.25, 0.3) is 0 Å². The Kier molecular flexibility index (Phi) is 12.2. The summed E-state index contributed by atoms with van der Waals surface area (Å²) in [6.45, 7) is 4.73. The third-order valence-electron chi connectivity index (χ3n) is 6.45. The molecule has 0 spiro atoms. The zero-order chi connectivity index (χ0) is 28.9. The van der Waals surface area contributed by atoms with Crippen molar-refractivity contribution in [3.05, 3.63) is 49.7 Å². The lowest BCUT2D eigenvalue weighted by atomic mass is 9.83. The highest BCUT2D eigenvalue weighted by Gasteiger charge is 2.38. The average Bonchev–Trinajstić information content (AvgIpc) is 2.88. The summed E-state index contributed by atoms with van der Waals surface area (Å²) in [6, 6.07) is 6.38. The van der Waals surface area contributed by atoms with E-state index in [1.807, 2.05) is 104 Å². The van der Waals surface area contributed by atoms with Crippen LogP contribution in [0.2, 0.25) is 0 Å². The van der Waals surface area contributed by atoms with Crippen LogP contribution >= 0.6 is 90.4 Å². The largest absolute Gasteiger partial charge is 0.506 e. The molecule has 212 valence electrons. The first kappa shape index (κ1) is 32.8. The van der Waals surface area contributed by atoms with Gasteiger partial charge >= 0.3 is 17.9 Å². The summed E-state index contributed by atoms with van der Waals surface area (Å²) < 4.78 is 19.1. The van der Waals surface area contributed by atoms with Gasteiger partial charge in [-0.15, -0.1) is 0 Å². The number of nitrogens with two attached hydrogens (primary N) is 1. The number of piperidine rings is 1. The molecular weight excluding hydrogens is 962 g/mol. The first-order valence-corrected chi connectivity index (χ1v) is 16.4. The molecule has 1 fully saturated rings. The summed E-state index contributed by atoms with van der Waals surface area (Å²) >= 11 is 7.87. The van der Waals surface area contributed by atoms with E-state index in [0.717, 1.165) is 33.1 Å². The normalized spacial score (nSPS) is 14.2. The second-order valence-electron chi connectivity index (χ2n) is 9.63. The molecule has 0 aliphatic carbocycles. The predicted octanol–water partition coefficient (Wildman–Crippen LogP) is 4.44. The summed E-state index contributed by atoms with van der Waals surface area (Å²) in [5, 5.41) is 22.9. The van der Waals surface area contributed by atoms with Crippen LogP contribution in [0.5, 0.6) is 11.5 Å². The number of phenols is 2. The van der Waals surface area contributed by atoms with Gasteiger partial charge in [-0.25, -0.2) is 9.59 Å². The molecule has 2 aromatic carbocycles. The van der Waals surface area contributed by atoms with Crippen molar-refractivity contribution in [3.63, 3.8) is 0 Å². The van der Waals surface area contributed by atoms with Crippen molar-refractivity contribution < 1.29 is 44.1 Å². The van der Waals surface area contributed by atoms with Crippen LogP contribution in [0.3, 0.4) is 0 Å². The van der Waals surface area contributed by atoms with Crippen molar-refractivity contribution in [1.29, 1.82) is 0 Å². The van der Waals surface area contributed by atoms with E-state index in [1.54, 1.807) is 12.1 Å². The Morgan fingerprint density at radius 2 is 1.31 bits per heavy atom. The van der Waals surface area contributed by atoms with Crippen LogP contribution in [0.4, 0.5) is 0 Å². The topological polar surface area (TPSA) is 136 Å². The first-order chi connectivity index (χ1) is 18.3. The number of halogens is 4. The van der Waals surface area contributed by atoms with Gasteiger partial charge in [0.2, 0.25) is 0 Å². The molecule has 0 atom stereocenters. The van der Waals surface area contributed by atoms with Crippen molar-refractivity contribution in [2.75, 3.05) is 26.3 Å². The van der Waals surface area contributed by atoms with Gasteiger partial charge in [-0.2, -0.15) is 0 Å². The van der Waals surface area contributed by atoms with Crippen LogP contribution in [-0.2, 0) is 19.0 Å². The Balaban J connectivity index is 1.77. The maximum atomic E-state index is 13.3.